The summed E-state index contributed by atoms with van der Waals surface area (Å²) >= 11 is 1.47. The maximum atomic E-state index is 11.5. The third-order valence-corrected chi connectivity index (χ3v) is 3.52. The fraction of sp³-hybridized carbons (Fsp3) is 0.200. The lowest BCUT2D eigenvalue weighted by Crippen LogP contribution is -2.00. The van der Waals surface area contributed by atoms with Crippen LogP contribution in [-0.4, -0.2) is 25.2 Å². The third-order valence-electron chi connectivity index (χ3n) is 2.61. The fourth-order valence-electron chi connectivity index (χ4n) is 1.69. The monoisotopic (exact) mass is 289 g/mol. The highest BCUT2D eigenvalue weighted by atomic mass is 32.2. The lowest BCUT2D eigenvalue weighted by molar-refractivity contribution is 0.0600. The summed E-state index contributed by atoms with van der Waals surface area (Å²) in [6, 6.07) is 11.1. The number of rotatable bonds is 4. The van der Waals surface area contributed by atoms with Crippen molar-refractivity contribution in [2.24, 2.45) is 0 Å². The second kappa shape index (κ2) is 6.43. The maximum Gasteiger partial charge on any atom is 0.337 e. The van der Waals surface area contributed by atoms with Crippen molar-refractivity contribution >= 4 is 17.7 Å². The van der Waals surface area contributed by atoms with Gasteiger partial charge in [-0.05, 0) is 36.8 Å². The van der Waals surface area contributed by atoms with Gasteiger partial charge < -0.3 is 9.47 Å². The molecule has 1 heterocycles. The van der Waals surface area contributed by atoms with Gasteiger partial charge in [0, 0.05) is 11.0 Å². The van der Waals surface area contributed by atoms with Gasteiger partial charge in [-0.1, -0.05) is 17.8 Å². The van der Waals surface area contributed by atoms with Gasteiger partial charge in [0.05, 0.1) is 19.8 Å². The maximum absolute atomic E-state index is 11.5. The molecule has 0 aliphatic carbocycles. The van der Waals surface area contributed by atoms with Gasteiger partial charge >= 0.3 is 5.97 Å². The molecule has 0 bridgehead atoms. The summed E-state index contributed by atoms with van der Waals surface area (Å²) in [6.45, 7) is 1.99. The average molecular weight is 289 g/mol. The van der Waals surface area contributed by atoms with Crippen molar-refractivity contribution in [3.63, 3.8) is 0 Å². The van der Waals surface area contributed by atoms with E-state index in [1.54, 1.807) is 19.2 Å². The van der Waals surface area contributed by atoms with Crippen LogP contribution in [0.2, 0.25) is 0 Å². The molecule has 0 saturated heterocycles. The quantitative estimate of drug-likeness (QED) is 0.808. The molecule has 0 aliphatic rings. The Bertz CT molecular complexity index is 628. The molecular weight excluding hydrogens is 274 g/mol. The SMILES string of the molecule is COC(=O)c1cccc(Sc2cc(C)cc(OC)n2)c1. The molecule has 0 radical (unpaired) electrons. The van der Waals surface area contributed by atoms with Crippen molar-refractivity contribution in [1.82, 2.24) is 4.98 Å². The van der Waals surface area contributed by atoms with Crippen LogP contribution >= 0.6 is 11.8 Å². The molecule has 1 aromatic heterocycles. The van der Waals surface area contributed by atoms with Crippen LogP contribution in [0.25, 0.3) is 0 Å². The summed E-state index contributed by atoms with van der Waals surface area (Å²) in [4.78, 5) is 16.8. The van der Waals surface area contributed by atoms with Gasteiger partial charge in [0.15, 0.2) is 0 Å². The van der Waals surface area contributed by atoms with Crippen molar-refractivity contribution in [2.75, 3.05) is 14.2 Å². The standard InChI is InChI=1S/C15H15NO3S/c1-10-7-13(18-2)16-14(8-10)20-12-6-4-5-11(9-12)15(17)19-3/h4-9H,1-3H3. The number of benzene rings is 1. The first-order valence-electron chi connectivity index (χ1n) is 6.01. The summed E-state index contributed by atoms with van der Waals surface area (Å²) in [5.41, 5.74) is 1.60. The lowest BCUT2D eigenvalue weighted by Gasteiger charge is -2.06. The Balaban J connectivity index is 2.26. The van der Waals surface area contributed by atoms with Gasteiger partial charge in [0.2, 0.25) is 5.88 Å². The number of pyridine rings is 1. The molecule has 4 nitrogen and oxygen atoms in total. The molecule has 2 aromatic rings. The van der Waals surface area contributed by atoms with E-state index >= 15 is 0 Å². The summed E-state index contributed by atoms with van der Waals surface area (Å²) in [7, 11) is 2.96. The fourth-order valence-corrected chi connectivity index (χ4v) is 2.64. The Kier molecular flexibility index (Phi) is 4.63. The molecule has 0 fully saturated rings. The molecule has 104 valence electrons. The highest BCUT2D eigenvalue weighted by molar-refractivity contribution is 7.99. The van der Waals surface area contributed by atoms with Gasteiger partial charge in [0.25, 0.3) is 0 Å². The summed E-state index contributed by atoms with van der Waals surface area (Å²) in [6.07, 6.45) is 0. The number of aromatic nitrogens is 1. The van der Waals surface area contributed by atoms with E-state index in [1.807, 2.05) is 31.2 Å². The van der Waals surface area contributed by atoms with Crippen molar-refractivity contribution in [3.8, 4) is 5.88 Å². The molecule has 2 rings (SSSR count). The van der Waals surface area contributed by atoms with Crippen molar-refractivity contribution < 1.29 is 14.3 Å². The molecule has 0 aliphatic heterocycles. The number of carbonyl (C=O) groups is 1. The number of esters is 1. The van der Waals surface area contributed by atoms with Gasteiger partial charge in [-0.15, -0.1) is 0 Å². The van der Waals surface area contributed by atoms with Gasteiger partial charge in [-0.3, -0.25) is 0 Å². The second-order valence-corrected chi connectivity index (χ2v) is 5.24. The largest absolute Gasteiger partial charge is 0.481 e. The van der Waals surface area contributed by atoms with Crippen molar-refractivity contribution in [3.05, 3.63) is 47.5 Å². The van der Waals surface area contributed by atoms with Crippen LogP contribution in [0.3, 0.4) is 0 Å². The molecule has 20 heavy (non-hydrogen) atoms. The predicted octanol–water partition coefficient (Wildman–Crippen LogP) is 3.34. The molecule has 0 saturated carbocycles. The van der Waals surface area contributed by atoms with Gasteiger partial charge in [-0.2, -0.15) is 0 Å². The molecular formula is C15H15NO3S. The Hall–Kier alpha value is -2.01. The predicted molar refractivity (Wildman–Crippen MR) is 77.4 cm³/mol. The van der Waals surface area contributed by atoms with Crippen LogP contribution in [0.1, 0.15) is 15.9 Å². The molecule has 0 amide bonds. The topological polar surface area (TPSA) is 48.4 Å². The number of carbonyl (C=O) groups excluding carboxylic acids is 1. The van der Waals surface area contributed by atoms with E-state index in [1.165, 1.54) is 18.9 Å². The zero-order chi connectivity index (χ0) is 14.5. The third kappa shape index (κ3) is 3.51. The van der Waals surface area contributed by atoms with E-state index in [2.05, 4.69) is 4.98 Å². The van der Waals surface area contributed by atoms with Crippen molar-refractivity contribution in [1.29, 1.82) is 0 Å². The first-order valence-corrected chi connectivity index (χ1v) is 6.83. The second-order valence-electron chi connectivity index (χ2n) is 4.15. The highest BCUT2D eigenvalue weighted by Crippen LogP contribution is 2.29. The van der Waals surface area contributed by atoms with Crippen LogP contribution in [0, 0.1) is 6.92 Å². The minimum atomic E-state index is -0.345. The van der Waals surface area contributed by atoms with E-state index in [9.17, 15) is 4.79 Å². The van der Waals surface area contributed by atoms with Crippen LogP contribution in [0.4, 0.5) is 0 Å². The molecule has 1 aromatic carbocycles. The summed E-state index contributed by atoms with van der Waals surface area (Å²) in [5.74, 6) is 0.235. The Labute approximate surface area is 122 Å². The number of methoxy groups -OCH3 is 2. The highest BCUT2D eigenvalue weighted by Gasteiger charge is 2.08. The molecule has 5 heteroatoms. The van der Waals surface area contributed by atoms with Crippen LogP contribution < -0.4 is 4.74 Å². The first kappa shape index (κ1) is 14.4. The van der Waals surface area contributed by atoms with E-state index < -0.39 is 0 Å². The Morgan fingerprint density at radius 1 is 1.20 bits per heavy atom. The number of aryl methyl sites for hydroxylation is 1. The van der Waals surface area contributed by atoms with E-state index in [-0.39, 0.29) is 5.97 Å². The first-order chi connectivity index (χ1) is 9.62. The Morgan fingerprint density at radius 3 is 2.70 bits per heavy atom. The van der Waals surface area contributed by atoms with Crippen LogP contribution in [0.5, 0.6) is 5.88 Å². The van der Waals surface area contributed by atoms with E-state index in [0.717, 1.165) is 15.5 Å². The minimum absolute atomic E-state index is 0.345. The zero-order valence-electron chi connectivity index (χ0n) is 11.5. The Morgan fingerprint density at radius 2 is 2.00 bits per heavy atom. The van der Waals surface area contributed by atoms with E-state index in [0.29, 0.717) is 11.4 Å². The normalized spacial score (nSPS) is 10.2. The molecule has 0 unspecified atom stereocenters. The van der Waals surface area contributed by atoms with Crippen LogP contribution in [0.15, 0.2) is 46.3 Å². The van der Waals surface area contributed by atoms with Crippen LogP contribution in [-0.2, 0) is 4.74 Å². The molecule has 0 atom stereocenters. The zero-order valence-corrected chi connectivity index (χ0v) is 12.4. The number of ether oxygens (including phenoxy) is 2. The number of nitrogens with zero attached hydrogens (tertiary/aromatic N) is 1. The summed E-state index contributed by atoms with van der Waals surface area (Å²) in [5, 5.41) is 0.823. The number of hydrogen-bond acceptors (Lipinski definition) is 5. The summed E-state index contributed by atoms with van der Waals surface area (Å²) < 4.78 is 9.87. The van der Waals surface area contributed by atoms with Gasteiger partial charge in [-0.25, -0.2) is 9.78 Å². The minimum Gasteiger partial charge on any atom is -0.481 e. The average Bonchev–Trinajstić information content (AvgIpc) is 2.46. The van der Waals surface area contributed by atoms with Crippen molar-refractivity contribution in [2.45, 2.75) is 16.8 Å². The van der Waals surface area contributed by atoms with Gasteiger partial charge in [0.1, 0.15) is 5.03 Å². The molecule has 0 spiro atoms. The molecule has 0 N–H and O–H groups in total. The lowest BCUT2D eigenvalue weighted by atomic mass is 10.2. The van der Waals surface area contributed by atoms with E-state index in [4.69, 9.17) is 9.47 Å². The smallest absolute Gasteiger partial charge is 0.337 e. The number of hydrogen-bond donors (Lipinski definition) is 0.